The van der Waals surface area contributed by atoms with E-state index in [-0.39, 0.29) is 18.6 Å². The van der Waals surface area contributed by atoms with Gasteiger partial charge in [-0.1, -0.05) is 6.07 Å². The van der Waals surface area contributed by atoms with Crippen molar-refractivity contribution in [3.8, 4) is 0 Å². The van der Waals surface area contributed by atoms with Gasteiger partial charge in [0.05, 0.1) is 18.8 Å². The van der Waals surface area contributed by atoms with Gasteiger partial charge in [0.2, 0.25) is 0 Å². The lowest BCUT2D eigenvalue weighted by molar-refractivity contribution is 0.0494. The summed E-state index contributed by atoms with van der Waals surface area (Å²) < 4.78 is 17.6. The number of rotatable bonds is 8. The molecule has 8 nitrogen and oxygen atoms in total. The fraction of sp³-hybridized carbons (Fsp3) is 0.542. The Hall–Kier alpha value is -3.03. The molecule has 0 aliphatic heterocycles. The van der Waals surface area contributed by atoms with Gasteiger partial charge in [0, 0.05) is 29.4 Å². The monoisotopic (exact) mass is 444 g/mol. The normalized spacial score (nSPS) is 14.7. The molecule has 1 amide bonds. The highest BCUT2D eigenvalue weighted by Crippen LogP contribution is 2.47. The molecule has 0 atom stereocenters. The highest BCUT2D eigenvalue weighted by molar-refractivity contribution is 5.99. The number of aromatic nitrogens is 1. The van der Waals surface area contributed by atoms with Crippen LogP contribution in [0.3, 0.4) is 0 Å². The molecule has 1 N–H and O–H groups in total. The van der Waals surface area contributed by atoms with Gasteiger partial charge in [-0.15, -0.1) is 0 Å². The van der Waals surface area contributed by atoms with Crippen LogP contribution in [0.2, 0.25) is 0 Å². The number of amides is 1. The van der Waals surface area contributed by atoms with E-state index >= 15 is 0 Å². The van der Waals surface area contributed by atoms with Crippen molar-refractivity contribution in [3.05, 3.63) is 35.5 Å². The van der Waals surface area contributed by atoms with E-state index in [1.165, 1.54) is 0 Å². The van der Waals surface area contributed by atoms with E-state index in [9.17, 15) is 14.4 Å². The fourth-order valence-electron chi connectivity index (χ4n) is 3.62. The van der Waals surface area contributed by atoms with Gasteiger partial charge < -0.3 is 24.1 Å². The van der Waals surface area contributed by atoms with Crippen LogP contribution < -0.4 is 5.32 Å². The van der Waals surface area contributed by atoms with Gasteiger partial charge >= 0.3 is 18.0 Å². The van der Waals surface area contributed by atoms with Crippen molar-refractivity contribution in [2.75, 3.05) is 19.8 Å². The standard InChI is InChI=1S/C24H32N2O6/c1-6-30-20(27)17-9-8-16-12-19(21(28)31-7-2)26(18(16)13-17)15-24(10-11-24)14-25-22(29)32-23(3,4)5/h8-9,12-13H,6-7,10-11,14-15H2,1-5H3,(H,25,29). The van der Waals surface area contributed by atoms with E-state index in [1.54, 1.807) is 38.1 Å². The topological polar surface area (TPSA) is 95.9 Å². The van der Waals surface area contributed by atoms with Crippen LogP contribution in [0.5, 0.6) is 0 Å². The van der Waals surface area contributed by atoms with Gasteiger partial charge in [0.25, 0.3) is 0 Å². The molecule has 1 aromatic carbocycles. The van der Waals surface area contributed by atoms with Gasteiger partial charge in [-0.25, -0.2) is 14.4 Å². The maximum atomic E-state index is 12.7. The fourth-order valence-corrected chi connectivity index (χ4v) is 3.62. The average molecular weight is 445 g/mol. The van der Waals surface area contributed by atoms with Crippen LogP contribution in [0, 0.1) is 5.41 Å². The van der Waals surface area contributed by atoms with Crippen LogP contribution in [0.25, 0.3) is 10.9 Å². The number of ether oxygens (including phenoxy) is 3. The van der Waals surface area contributed by atoms with E-state index in [0.29, 0.717) is 24.3 Å². The van der Waals surface area contributed by atoms with Crippen molar-refractivity contribution in [1.82, 2.24) is 9.88 Å². The first-order valence-corrected chi connectivity index (χ1v) is 11.0. The zero-order valence-corrected chi connectivity index (χ0v) is 19.4. The number of fused-ring (bicyclic) bond motifs is 1. The molecule has 0 radical (unpaired) electrons. The van der Waals surface area contributed by atoms with Crippen molar-refractivity contribution in [1.29, 1.82) is 0 Å². The van der Waals surface area contributed by atoms with Crippen molar-refractivity contribution in [2.45, 2.75) is 59.6 Å². The number of esters is 2. The molecule has 1 heterocycles. The highest BCUT2D eigenvalue weighted by Gasteiger charge is 2.44. The Morgan fingerprint density at radius 1 is 1.03 bits per heavy atom. The minimum Gasteiger partial charge on any atom is -0.462 e. The summed E-state index contributed by atoms with van der Waals surface area (Å²) in [6.45, 7) is 10.5. The molecule has 1 aliphatic rings. The van der Waals surface area contributed by atoms with Crippen molar-refractivity contribution in [3.63, 3.8) is 0 Å². The van der Waals surface area contributed by atoms with Crippen LogP contribution in [-0.4, -0.2) is 48.0 Å². The molecule has 1 fully saturated rings. The first-order valence-electron chi connectivity index (χ1n) is 11.0. The number of nitrogens with one attached hydrogen (secondary N) is 1. The van der Waals surface area contributed by atoms with Crippen LogP contribution in [0.15, 0.2) is 24.3 Å². The molecule has 32 heavy (non-hydrogen) atoms. The average Bonchev–Trinajstić information content (AvgIpc) is 3.39. The smallest absolute Gasteiger partial charge is 0.407 e. The SMILES string of the molecule is CCOC(=O)c1ccc2cc(C(=O)OCC)n(CC3(CNC(=O)OC(C)(C)C)CC3)c2c1. The predicted octanol–water partition coefficient (Wildman–Crippen LogP) is 4.30. The first kappa shape index (κ1) is 23.6. The molecular formula is C24H32N2O6. The molecule has 1 aliphatic carbocycles. The van der Waals surface area contributed by atoms with Crippen molar-refractivity contribution < 1.29 is 28.6 Å². The summed E-state index contributed by atoms with van der Waals surface area (Å²) in [7, 11) is 0. The third-order valence-electron chi connectivity index (χ3n) is 5.36. The largest absolute Gasteiger partial charge is 0.462 e. The lowest BCUT2D eigenvalue weighted by Crippen LogP contribution is -2.37. The zero-order valence-electron chi connectivity index (χ0n) is 19.4. The Kier molecular flexibility index (Phi) is 6.81. The molecule has 0 unspecified atom stereocenters. The summed E-state index contributed by atoms with van der Waals surface area (Å²) in [6.07, 6.45) is 1.35. The molecule has 0 spiro atoms. The van der Waals surface area contributed by atoms with E-state index in [1.807, 2.05) is 25.3 Å². The van der Waals surface area contributed by atoms with E-state index in [0.717, 1.165) is 23.7 Å². The number of hydrogen-bond acceptors (Lipinski definition) is 6. The number of carbonyl (C=O) groups is 3. The first-order chi connectivity index (χ1) is 15.1. The summed E-state index contributed by atoms with van der Waals surface area (Å²) in [4.78, 5) is 37.0. The molecule has 0 bridgehead atoms. The molecule has 8 heteroatoms. The van der Waals surface area contributed by atoms with Gasteiger partial charge in [-0.3, -0.25) is 0 Å². The van der Waals surface area contributed by atoms with Crippen molar-refractivity contribution >= 4 is 28.9 Å². The maximum absolute atomic E-state index is 12.7. The Balaban J connectivity index is 1.89. The van der Waals surface area contributed by atoms with Crippen molar-refractivity contribution in [2.24, 2.45) is 5.41 Å². The zero-order chi connectivity index (χ0) is 23.5. The summed E-state index contributed by atoms with van der Waals surface area (Å²) >= 11 is 0. The van der Waals surface area contributed by atoms with Crippen LogP contribution in [0.4, 0.5) is 4.79 Å². The Bertz CT molecular complexity index is 1010. The number of carbonyl (C=O) groups excluding carboxylic acids is 3. The molecule has 3 rings (SSSR count). The molecule has 174 valence electrons. The van der Waals surface area contributed by atoms with E-state index in [4.69, 9.17) is 14.2 Å². The third kappa shape index (κ3) is 5.60. The molecule has 1 aromatic heterocycles. The van der Waals surface area contributed by atoms with Gasteiger partial charge in [-0.2, -0.15) is 0 Å². The lowest BCUT2D eigenvalue weighted by atomic mass is 10.1. The minimum absolute atomic E-state index is 0.190. The molecule has 2 aromatic rings. The number of hydrogen-bond donors (Lipinski definition) is 1. The predicted molar refractivity (Wildman–Crippen MR) is 120 cm³/mol. The van der Waals surface area contributed by atoms with Crippen LogP contribution in [-0.2, 0) is 20.8 Å². The van der Waals surface area contributed by atoms with Crippen LogP contribution in [0.1, 0.15) is 68.3 Å². The number of nitrogens with zero attached hydrogens (tertiary/aromatic N) is 1. The second-order valence-corrected chi connectivity index (χ2v) is 9.19. The Morgan fingerprint density at radius 2 is 1.69 bits per heavy atom. The van der Waals surface area contributed by atoms with Gasteiger partial charge in [0.15, 0.2) is 0 Å². The second kappa shape index (κ2) is 9.22. The van der Waals surface area contributed by atoms with E-state index in [2.05, 4.69) is 5.32 Å². The summed E-state index contributed by atoms with van der Waals surface area (Å²) in [6, 6.07) is 7.02. The Morgan fingerprint density at radius 3 is 2.28 bits per heavy atom. The molecule has 1 saturated carbocycles. The van der Waals surface area contributed by atoms with Gasteiger partial charge in [0.1, 0.15) is 11.3 Å². The third-order valence-corrected chi connectivity index (χ3v) is 5.36. The lowest BCUT2D eigenvalue weighted by Gasteiger charge is -2.23. The van der Waals surface area contributed by atoms with E-state index < -0.39 is 23.6 Å². The summed E-state index contributed by atoms with van der Waals surface area (Å²) in [5, 5.41) is 3.69. The van der Waals surface area contributed by atoms with Crippen LogP contribution >= 0.6 is 0 Å². The Labute approximate surface area is 188 Å². The maximum Gasteiger partial charge on any atom is 0.407 e. The highest BCUT2D eigenvalue weighted by atomic mass is 16.6. The summed E-state index contributed by atoms with van der Waals surface area (Å²) in [5.74, 6) is -0.829. The number of alkyl carbamates (subject to hydrolysis) is 1. The quantitative estimate of drug-likeness (QED) is 0.482. The summed E-state index contributed by atoms with van der Waals surface area (Å²) in [5.41, 5.74) is 0.835. The molecular weight excluding hydrogens is 412 g/mol. The second-order valence-electron chi connectivity index (χ2n) is 9.19. The van der Waals surface area contributed by atoms with Gasteiger partial charge in [-0.05, 0) is 65.7 Å². The molecule has 0 saturated heterocycles. The minimum atomic E-state index is -0.571. The number of benzene rings is 1.